The number of nitrogens with one attached hydrogen (secondary N) is 1. The molecule has 0 aliphatic rings. The number of nitrogens with zero attached hydrogens (tertiary/aromatic N) is 1. The summed E-state index contributed by atoms with van der Waals surface area (Å²) < 4.78 is 5.25. The average molecular weight is 259 g/mol. The Morgan fingerprint density at radius 3 is 2.56 bits per heavy atom. The molecule has 0 amide bonds. The number of ether oxygens (including phenoxy) is 1. The van der Waals surface area contributed by atoms with Gasteiger partial charge in [0.2, 0.25) is 0 Å². The van der Waals surface area contributed by atoms with Crippen molar-refractivity contribution in [3.05, 3.63) is 0 Å². The highest BCUT2D eigenvalue weighted by Gasteiger charge is 2.22. The quantitative estimate of drug-likeness (QED) is 0.174. The first-order valence-corrected chi connectivity index (χ1v) is 6.81. The summed E-state index contributed by atoms with van der Waals surface area (Å²) in [7, 11) is 0. The number of rotatable bonds is 11. The summed E-state index contributed by atoms with van der Waals surface area (Å²) in [5, 5.41) is 15.1. The summed E-state index contributed by atoms with van der Waals surface area (Å²) in [4.78, 5) is 0. The highest BCUT2D eigenvalue weighted by atomic mass is 16.5. The first-order chi connectivity index (χ1) is 8.54. The summed E-state index contributed by atoms with van der Waals surface area (Å²) in [5.41, 5.74) is 5.41. The van der Waals surface area contributed by atoms with Gasteiger partial charge in [0.25, 0.3) is 0 Å². The number of unbranched alkanes of at least 4 members (excludes halogenated alkanes) is 1. The molecule has 0 saturated carbocycles. The molecular weight excluding hydrogens is 230 g/mol. The van der Waals surface area contributed by atoms with Crippen LogP contribution in [0.4, 0.5) is 0 Å². The van der Waals surface area contributed by atoms with Crippen molar-refractivity contribution < 1.29 is 9.94 Å². The maximum atomic E-state index is 8.65. The summed E-state index contributed by atoms with van der Waals surface area (Å²) in [5.74, 6) is 0.312. The number of amidine groups is 1. The van der Waals surface area contributed by atoms with Crippen LogP contribution in [0.15, 0.2) is 5.16 Å². The van der Waals surface area contributed by atoms with Gasteiger partial charge in [0, 0.05) is 18.6 Å². The van der Waals surface area contributed by atoms with Crippen molar-refractivity contribution in [3.8, 4) is 0 Å². The highest BCUT2D eigenvalue weighted by Crippen LogP contribution is 2.22. The van der Waals surface area contributed by atoms with Gasteiger partial charge in [-0.05, 0) is 39.3 Å². The van der Waals surface area contributed by atoms with Crippen molar-refractivity contribution in [1.29, 1.82) is 0 Å². The molecule has 0 saturated heterocycles. The first-order valence-electron chi connectivity index (χ1n) is 6.81. The second-order valence-electron chi connectivity index (χ2n) is 5.13. The Morgan fingerprint density at radius 1 is 1.28 bits per heavy atom. The highest BCUT2D eigenvalue weighted by molar-refractivity contribution is 5.85. The average Bonchev–Trinajstić information content (AvgIpc) is 2.35. The molecule has 0 rings (SSSR count). The lowest BCUT2D eigenvalue weighted by Gasteiger charge is -2.22. The van der Waals surface area contributed by atoms with Crippen LogP contribution in [0.2, 0.25) is 0 Å². The van der Waals surface area contributed by atoms with Crippen LogP contribution in [-0.4, -0.2) is 37.3 Å². The van der Waals surface area contributed by atoms with E-state index in [4.69, 9.17) is 15.7 Å². The van der Waals surface area contributed by atoms with Gasteiger partial charge in [-0.2, -0.15) is 0 Å². The van der Waals surface area contributed by atoms with Gasteiger partial charge in [-0.1, -0.05) is 25.4 Å². The van der Waals surface area contributed by atoms with Crippen LogP contribution >= 0.6 is 0 Å². The maximum absolute atomic E-state index is 8.65. The molecule has 0 aromatic rings. The van der Waals surface area contributed by atoms with Crippen LogP contribution in [-0.2, 0) is 4.74 Å². The fraction of sp³-hybridized carbons (Fsp3) is 0.923. The van der Waals surface area contributed by atoms with E-state index in [2.05, 4.69) is 10.5 Å². The van der Waals surface area contributed by atoms with Gasteiger partial charge in [-0.15, -0.1) is 0 Å². The third-order valence-electron chi connectivity index (χ3n) is 3.05. The Bertz CT molecular complexity index is 230. The minimum Gasteiger partial charge on any atom is -0.409 e. The predicted octanol–water partition coefficient (Wildman–Crippen LogP) is 1.95. The third-order valence-corrected chi connectivity index (χ3v) is 3.05. The normalized spacial score (nSPS) is 12.9. The van der Waals surface area contributed by atoms with Crippen molar-refractivity contribution in [2.45, 2.75) is 46.5 Å². The Morgan fingerprint density at radius 2 is 1.94 bits per heavy atom. The first kappa shape index (κ1) is 17.2. The zero-order chi connectivity index (χ0) is 13.9. The minimum atomic E-state index is -0.219. The minimum absolute atomic E-state index is 0.219. The smallest absolute Gasteiger partial charge is 0.144 e. The fourth-order valence-electron chi connectivity index (χ4n) is 1.65. The van der Waals surface area contributed by atoms with Crippen molar-refractivity contribution in [2.24, 2.45) is 16.3 Å². The van der Waals surface area contributed by atoms with E-state index in [-0.39, 0.29) is 5.41 Å². The van der Waals surface area contributed by atoms with E-state index in [9.17, 15) is 0 Å². The molecule has 5 heteroatoms. The lowest BCUT2D eigenvalue weighted by Crippen LogP contribution is -2.32. The molecule has 5 nitrogen and oxygen atoms in total. The number of hydrogen-bond acceptors (Lipinski definition) is 4. The van der Waals surface area contributed by atoms with Crippen LogP contribution in [0.5, 0.6) is 0 Å². The molecule has 0 unspecified atom stereocenters. The molecule has 0 fully saturated rings. The standard InChI is InChI=1S/C13H29N3O2/c1-4-18-11-7-10-15-9-6-5-8-13(2,3)12(14)16-17/h15,17H,4-11H2,1-3H3,(H2,14,16). The molecule has 0 spiro atoms. The predicted molar refractivity (Wildman–Crippen MR) is 75.0 cm³/mol. The number of oxime groups is 1. The zero-order valence-corrected chi connectivity index (χ0v) is 12.0. The van der Waals surface area contributed by atoms with Crippen molar-refractivity contribution in [3.63, 3.8) is 0 Å². The lowest BCUT2D eigenvalue weighted by molar-refractivity contribution is 0.145. The van der Waals surface area contributed by atoms with Crippen LogP contribution in [0.1, 0.15) is 46.5 Å². The van der Waals surface area contributed by atoms with Gasteiger partial charge in [0.05, 0.1) is 0 Å². The van der Waals surface area contributed by atoms with E-state index in [0.29, 0.717) is 5.84 Å². The van der Waals surface area contributed by atoms with Crippen LogP contribution in [0.3, 0.4) is 0 Å². The van der Waals surface area contributed by atoms with Crippen LogP contribution in [0.25, 0.3) is 0 Å². The number of nitrogens with two attached hydrogens (primary N) is 1. The third kappa shape index (κ3) is 8.31. The molecule has 0 aromatic heterocycles. The molecule has 0 aliphatic heterocycles. The SMILES string of the molecule is CCOCCCNCCCCC(C)(C)C(N)=NO. The Hall–Kier alpha value is -0.810. The largest absolute Gasteiger partial charge is 0.409 e. The van der Waals surface area contributed by atoms with Gasteiger partial charge in [0.1, 0.15) is 5.84 Å². The molecule has 0 bridgehead atoms. The van der Waals surface area contributed by atoms with Crippen LogP contribution < -0.4 is 11.1 Å². The molecule has 0 atom stereocenters. The topological polar surface area (TPSA) is 79.9 Å². The van der Waals surface area contributed by atoms with E-state index in [1.165, 1.54) is 0 Å². The van der Waals surface area contributed by atoms with Crippen molar-refractivity contribution in [1.82, 2.24) is 5.32 Å². The van der Waals surface area contributed by atoms with E-state index in [1.807, 2.05) is 20.8 Å². The summed E-state index contributed by atoms with van der Waals surface area (Å²) in [6.45, 7) is 9.65. The van der Waals surface area contributed by atoms with Gasteiger partial charge in [-0.25, -0.2) is 0 Å². The van der Waals surface area contributed by atoms with Gasteiger partial charge in [-0.3, -0.25) is 0 Å². The summed E-state index contributed by atoms with van der Waals surface area (Å²) in [6, 6.07) is 0. The number of hydrogen-bond donors (Lipinski definition) is 3. The maximum Gasteiger partial charge on any atom is 0.144 e. The molecule has 4 N–H and O–H groups in total. The van der Waals surface area contributed by atoms with Gasteiger partial charge < -0.3 is 21.0 Å². The Labute approximate surface area is 111 Å². The molecular formula is C13H29N3O2. The van der Waals surface area contributed by atoms with E-state index in [0.717, 1.165) is 52.0 Å². The molecule has 108 valence electrons. The fourth-order valence-corrected chi connectivity index (χ4v) is 1.65. The second kappa shape index (κ2) is 10.1. The molecule has 0 heterocycles. The second-order valence-corrected chi connectivity index (χ2v) is 5.13. The summed E-state index contributed by atoms with van der Waals surface area (Å²) in [6.07, 6.45) is 4.17. The van der Waals surface area contributed by atoms with E-state index in [1.54, 1.807) is 0 Å². The van der Waals surface area contributed by atoms with Gasteiger partial charge >= 0.3 is 0 Å². The molecule has 0 aromatic carbocycles. The van der Waals surface area contributed by atoms with Crippen LogP contribution in [0, 0.1) is 5.41 Å². The van der Waals surface area contributed by atoms with Gasteiger partial charge in [0.15, 0.2) is 0 Å². The molecule has 18 heavy (non-hydrogen) atoms. The van der Waals surface area contributed by atoms with E-state index < -0.39 is 0 Å². The molecule has 0 aliphatic carbocycles. The summed E-state index contributed by atoms with van der Waals surface area (Å²) >= 11 is 0. The lowest BCUT2D eigenvalue weighted by atomic mass is 9.86. The van der Waals surface area contributed by atoms with Crippen molar-refractivity contribution in [2.75, 3.05) is 26.3 Å². The molecule has 0 radical (unpaired) electrons. The zero-order valence-electron chi connectivity index (χ0n) is 12.0. The Kier molecular flexibility index (Phi) is 9.69. The van der Waals surface area contributed by atoms with E-state index >= 15 is 0 Å². The van der Waals surface area contributed by atoms with Crippen molar-refractivity contribution >= 4 is 5.84 Å². The Balaban J connectivity index is 3.40. The monoisotopic (exact) mass is 259 g/mol.